The van der Waals surface area contributed by atoms with Crippen molar-refractivity contribution >= 4 is 0 Å². The van der Waals surface area contributed by atoms with E-state index in [-0.39, 0.29) is 11.3 Å². The molecule has 90 valence electrons. The summed E-state index contributed by atoms with van der Waals surface area (Å²) in [6.07, 6.45) is -1.92. The lowest BCUT2D eigenvalue weighted by molar-refractivity contribution is -0.149. The summed E-state index contributed by atoms with van der Waals surface area (Å²) in [5.41, 5.74) is 5.43. The van der Waals surface area contributed by atoms with Crippen LogP contribution in [0.2, 0.25) is 0 Å². The number of halogens is 3. The van der Waals surface area contributed by atoms with Gasteiger partial charge in [-0.15, -0.1) is 0 Å². The molecule has 0 saturated carbocycles. The Morgan fingerprint density at radius 2 is 1.94 bits per heavy atom. The molecular weight excluding hydrogens is 233 g/mol. The molecule has 0 amide bonds. The van der Waals surface area contributed by atoms with E-state index in [0.29, 0.717) is 0 Å². The molecule has 0 saturated heterocycles. The van der Waals surface area contributed by atoms with Gasteiger partial charge in [-0.05, 0) is 6.07 Å². The standard InChI is InChI=1S/C10H9F3N4/c11-10(12,13)9(14)7-3-1-2-4-8(7)17-6-15-5-16-17/h1-6,9H,14H2/t9-/m0/s1. The lowest BCUT2D eigenvalue weighted by Crippen LogP contribution is -2.29. The molecule has 7 heteroatoms. The molecule has 0 aliphatic heterocycles. The van der Waals surface area contributed by atoms with E-state index in [9.17, 15) is 13.2 Å². The van der Waals surface area contributed by atoms with Crippen LogP contribution in [-0.4, -0.2) is 20.9 Å². The molecule has 0 spiro atoms. The Morgan fingerprint density at radius 1 is 1.24 bits per heavy atom. The van der Waals surface area contributed by atoms with Crippen LogP contribution in [0, 0.1) is 0 Å². The highest BCUT2D eigenvalue weighted by Crippen LogP contribution is 2.33. The van der Waals surface area contributed by atoms with E-state index < -0.39 is 12.2 Å². The maximum Gasteiger partial charge on any atom is 0.407 e. The van der Waals surface area contributed by atoms with E-state index in [4.69, 9.17) is 5.73 Å². The van der Waals surface area contributed by atoms with Gasteiger partial charge in [0.25, 0.3) is 0 Å². The molecule has 0 radical (unpaired) electrons. The van der Waals surface area contributed by atoms with Crippen molar-refractivity contribution in [2.24, 2.45) is 5.73 Å². The van der Waals surface area contributed by atoms with E-state index in [1.54, 1.807) is 6.07 Å². The number of rotatable bonds is 2. The van der Waals surface area contributed by atoms with Crippen LogP contribution in [0.4, 0.5) is 13.2 Å². The Labute approximate surface area is 94.9 Å². The average Bonchev–Trinajstić information content (AvgIpc) is 2.80. The third-order valence-corrected chi connectivity index (χ3v) is 2.29. The molecule has 2 aromatic rings. The molecule has 17 heavy (non-hydrogen) atoms. The van der Waals surface area contributed by atoms with Gasteiger partial charge >= 0.3 is 6.18 Å². The smallest absolute Gasteiger partial charge is 0.316 e. The van der Waals surface area contributed by atoms with Crippen LogP contribution in [-0.2, 0) is 0 Å². The Morgan fingerprint density at radius 3 is 2.53 bits per heavy atom. The molecule has 1 atom stereocenters. The highest BCUT2D eigenvalue weighted by molar-refractivity contribution is 5.42. The molecular formula is C10H9F3N4. The monoisotopic (exact) mass is 242 g/mol. The number of hydrogen-bond donors (Lipinski definition) is 1. The highest BCUT2D eigenvalue weighted by Gasteiger charge is 2.39. The highest BCUT2D eigenvalue weighted by atomic mass is 19.4. The summed E-state index contributed by atoms with van der Waals surface area (Å²) in [5.74, 6) is 0. The van der Waals surface area contributed by atoms with Gasteiger partial charge in [0.2, 0.25) is 0 Å². The molecule has 2 N–H and O–H groups in total. The Kier molecular flexibility index (Phi) is 2.84. The molecule has 1 aromatic carbocycles. The van der Waals surface area contributed by atoms with Gasteiger partial charge in [-0.1, -0.05) is 18.2 Å². The molecule has 0 fully saturated rings. The van der Waals surface area contributed by atoms with Gasteiger partial charge in [0.1, 0.15) is 18.7 Å². The summed E-state index contributed by atoms with van der Waals surface area (Å²) in [6, 6.07) is 3.92. The van der Waals surface area contributed by atoms with Gasteiger partial charge in [0, 0.05) is 5.56 Å². The number of para-hydroxylation sites is 1. The van der Waals surface area contributed by atoms with Crippen molar-refractivity contribution in [3.8, 4) is 5.69 Å². The van der Waals surface area contributed by atoms with Crippen LogP contribution in [0.25, 0.3) is 5.69 Å². The zero-order chi connectivity index (χ0) is 12.5. The minimum absolute atomic E-state index is 0.0366. The lowest BCUT2D eigenvalue weighted by Gasteiger charge is -2.18. The van der Waals surface area contributed by atoms with Gasteiger partial charge in [-0.3, -0.25) is 0 Å². The normalized spacial score (nSPS) is 13.6. The van der Waals surface area contributed by atoms with Gasteiger partial charge in [0.15, 0.2) is 0 Å². The van der Waals surface area contributed by atoms with E-state index in [2.05, 4.69) is 10.1 Å². The first-order valence-electron chi connectivity index (χ1n) is 4.76. The van der Waals surface area contributed by atoms with Crippen LogP contribution in [0.5, 0.6) is 0 Å². The SMILES string of the molecule is N[C@@H](c1ccccc1-n1cncn1)C(F)(F)F. The van der Waals surface area contributed by atoms with E-state index in [1.807, 2.05) is 0 Å². The van der Waals surface area contributed by atoms with Crippen molar-refractivity contribution in [2.45, 2.75) is 12.2 Å². The van der Waals surface area contributed by atoms with Crippen molar-refractivity contribution in [1.29, 1.82) is 0 Å². The number of hydrogen-bond acceptors (Lipinski definition) is 3. The third-order valence-electron chi connectivity index (χ3n) is 2.29. The van der Waals surface area contributed by atoms with Crippen LogP contribution < -0.4 is 5.73 Å². The fourth-order valence-electron chi connectivity index (χ4n) is 1.47. The number of nitrogens with two attached hydrogens (primary N) is 1. The first kappa shape index (κ1) is 11.6. The van der Waals surface area contributed by atoms with Crippen LogP contribution in [0.3, 0.4) is 0 Å². The summed E-state index contributed by atoms with van der Waals surface area (Å²) in [7, 11) is 0. The largest absolute Gasteiger partial charge is 0.407 e. The Bertz CT molecular complexity index is 493. The summed E-state index contributed by atoms with van der Waals surface area (Å²) in [6.45, 7) is 0. The lowest BCUT2D eigenvalue weighted by atomic mass is 10.1. The third kappa shape index (κ3) is 2.28. The van der Waals surface area contributed by atoms with E-state index >= 15 is 0 Å². The first-order valence-corrected chi connectivity index (χ1v) is 4.76. The molecule has 0 aliphatic rings. The summed E-state index contributed by atoms with van der Waals surface area (Å²) >= 11 is 0. The van der Waals surface area contributed by atoms with E-state index in [1.165, 1.54) is 35.5 Å². The minimum atomic E-state index is -4.49. The Hall–Kier alpha value is -1.89. The second-order valence-electron chi connectivity index (χ2n) is 3.42. The molecule has 1 aromatic heterocycles. The number of nitrogens with zero attached hydrogens (tertiary/aromatic N) is 3. The van der Waals surface area contributed by atoms with Gasteiger partial charge in [-0.25, -0.2) is 9.67 Å². The molecule has 0 bridgehead atoms. The van der Waals surface area contributed by atoms with Crippen molar-refractivity contribution in [2.75, 3.05) is 0 Å². The number of benzene rings is 1. The number of aromatic nitrogens is 3. The van der Waals surface area contributed by atoms with Gasteiger partial charge in [0.05, 0.1) is 5.69 Å². The number of alkyl halides is 3. The van der Waals surface area contributed by atoms with Crippen molar-refractivity contribution < 1.29 is 13.2 Å². The quantitative estimate of drug-likeness (QED) is 0.874. The molecule has 4 nitrogen and oxygen atoms in total. The summed E-state index contributed by atoms with van der Waals surface area (Å²) in [4.78, 5) is 3.69. The zero-order valence-electron chi connectivity index (χ0n) is 8.59. The van der Waals surface area contributed by atoms with Crippen molar-refractivity contribution in [1.82, 2.24) is 14.8 Å². The predicted molar refractivity (Wildman–Crippen MR) is 54.3 cm³/mol. The first-order chi connectivity index (χ1) is 8.00. The van der Waals surface area contributed by atoms with Crippen LogP contribution in [0.15, 0.2) is 36.9 Å². The van der Waals surface area contributed by atoms with Crippen molar-refractivity contribution in [3.63, 3.8) is 0 Å². The molecule has 1 heterocycles. The minimum Gasteiger partial charge on any atom is -0.316 e. The topological polar surface area (TPSA) is 56.7 Å². The van der Waals surface area contributed by atoms with E-state index in [0.717, 1.165) is 0 Å². The summed E-state index contributed by atoms with van der Waals surface area (Å²) in [5, 5.41) is 3.79. The fraction of sp³-hybridized carbons (Fsp3) is 0.200. The van der Waals surface area contributed by atoms with Gasteiger partial charge in [-0.2, -0.15) is 18.3 Å². The average molecular weight is 242 g/mol. The van der Waals surface area contributed by atoms with Gasteiger partial charge < -0.3 is 5.73 Å². The Balaban J connectivity index is 2.49. The fourth-order valence-corrected chi connectivity index (χ4v) is 1.47. The maximum absolute atomic E-state index is 12.6. The van der Waals surface area contributed by atoms with Crippen LogP contribution >= 0.6 is 0 Å². The molecule has 0 unspecified atom stereocenters. The van der Waals surface area contributed by atoms with Crippen molar-refractivity contribution in [3.05, 3.63) is 42.5 Å². The zero-order valence-corrected chi connectivity index (χ0v) is 8.59. The second kappa shape index (κ2) is 4.17. The maximum atomic E-state index is 12.6. The van der Waals surface area contributed by atoms with Crippen LogP contribution in [0.1, 0.15) is 11.6 Å². The second-order valence-corrected chi connectivity index (χ2v) is 3.42. The molecule has 2 rings (SSSR count). The molecule has 0 aliphatic carbocycles. The summed E-state index contributed by atoms with van der Waals surface area (Å²) < 4.78 is 39.0. The predicted octanol–water partition coefficient (Wildman–Crippen LogP) is 1.83.